The number of benzene rings is 1. The van der Waals surface area contributed by atoms with E-state index < -0.39 is 21.7 Å². The predicted octanol–water partition coefficient (Wildman–Crippen LogP) is 2.51. The van der Waals surface area contributed by atoms with Gasteiger partial charge in [-0.2, -0.15) is 0 Å². The van der Waals surface area contributed by atoms with Crippen LogP contribution in [0.3, 0.4) is 0 Å². The Labute approximate surface area is 160 Å². The van der Waals surface area contributed by atoms with E-state index in [0.29, 0.717) is 10.6 Å². The first-order valence-corrected chi connectivity index (χ1v) is 9.49. The second-order valence-electron chi connectivity index (χ2n) is 4.98. The van der Waals surface area contributed by atoms with Crippen molar-refractivity contribution in [1.29, 1.82) is 0 Å². The number of ether oxygens (including phenoxy) is 2. The monoisotopic (exact) mass is 419 g/mol. The topological polar surface area (TPSA) is 98.7 Å². The van der Waals surface area contributed by atoms with E-state index in [1.165, 1.54) is 37.7 Å². The highest BCUT2D eigenvalue weighted by molar-refractivity contribution is 7.92. The summed E-state index contributed by atoms with van der Waals surface area (Å²) in [6, 6.07) is 4.48. The van der Waals surface area contributed by atoms with Gasteiger partial charge in [0.2, 0.25) is 10.0 Å². The van der Waals surface area contributed by atoms with Gasteiger partial charge in [-0.25, -0.2) is 27.5 Å². The molecule has 0 aliphatic heterocycles. The Kier molecular flexibility index (Phi) is 6.76. The van der Waals surface area contributed by atoms with Gasteiger partial charge < -0.3 is 9.47 Å². The minimum atomic E-state index is -4.02. The van der Waals surface area contributed by atoms with Gasteiger partial charge in [-0.3, -0.25) is 0 Å². The normalized spacial score (nSPS) is 11.2. The van der Waals surface area contributed by atoms with Crippen LogP contribution in [0.4, 0.5) is 5.82 Å². The molecule has 0 saturated carbocycles. The van der Waals surface area contributed by atoms with Gasteiger partial charge in [-0.15, -0.1) is 0 Å². The fraction of sp³-hybridized carbons (Fsp3) is 0.267. The Balaban J connectivity index is 2.47. The molecule has 0 radical (unpaired) electrons. The summed E-state index contributed by atoms with van der Waals surface area (Å²) >= 11 is 11.9. The molecule has 11 heteroatoms. The van der Waals surface area contributed by atoms with Crippen LogP contribution in [-0.4, -0.2) is 45.3 Å². The van der Waals surface area contributed by atoms with Crippen LogP contribution in [0, 0.1) is 0 Å². The molecule has 0 aliphatic rings. The number of hydrogen-bond acceptors (Lipinski definition) is 7. The van der Waals surface area contributed by atoms with E-state index >= 15 is 0 Å². The molecule has 0 N–H and O–H groups in total. The molecule has 1 aromatic heterocycles. The minimum Gasteiger partial charge on any atom is -0.464 e. The summed E-state index contributed by atoms with van der Waals surface area (Å²) in [5.74, 6) is -1.48. The van der Waals surface area contributed by atoms with E-state index in [1.54, 1.807) is 0 Å². The number of anilines is 1. The first-order valence-electron chi connectivity index (χ1n) is 7.12. The molecular weight excluding hydrogens is 405 g/mol. The van der Waals surface area contributed by atoms with Crippen molar-refractivity contribution in [2.75, 3.05) is 25.3 Å². The summed E-state index contributed by atoms with van der Waals surface area (Å²) in [6.07, 6.45) is 2.51. The van der Waals surface area contributed by atoms with Crippen molar-refractivity contribution in [3.63, 3.8) is 0 Å². The molecule has 140 valence electrons. The van der Waals surface area contributed by atoms with Crippen LogP contribution in [0.2, 0.25) is 10.0 Å². The summed E-state index contributed by atoms with van der Waals surface area (Å²) in [5, 5.41) is 0.581. The number of carbonyl (C=O) groups excluding carboxylic acids is 1. The van der Waals surface area contributed by atoms with Crippen LogP contribution in [-0.2, 0) is 25.2 Å². The number of carbonyl (C=O) groups is 1. The zero-order valence-electron chi connectivity index (χ0n) is 13.8. The lowest BCUT2D eigenvalue weighted by Crippen LogP contribution is -2.36. The largest absolute Gasteiger partial charge is 0.464 e. The fourth-order valence-electron chi connectivity index (χ4n) is 2.06. The van der Waals surface area contributed by atoms with Crippen molar-refractivity contribution >= 4 is 45.0 Å². The second kappa shape index (κ2) is 8.63. The summed E-state index contributed by atoms with van der Waals surface area (Å²) in [4.78, 5) is 19.7. The highest BCUT2D eigenvalue weighted by Gasteiger charge is 2.30. The van der Waals surface area contributed by atoms with Crippen molar-refractivity contribution < 1.29 is 22.7 Å². The lowest BCUT2D eigenvalue weighted by molar-refractivity contribution is 0.0594. The van der Waals surface area contributed by atoms with Crippen LogP contribution in [0.1, 0.15) is 16.1 Å². The van der Waals surface area contributed by atoms with Gasteiger partial charge in [-0.05, 0) is 17.7 Å². The first kappa shape index (κ1) is 20.4. The van der Waals surface area contributed by atoms with Crippen LogP contribution in [0.5, 0.6) is 0 Å². The van der Waals surface area contributed by atoms with E-state index in [4.69, 9.17) is 27.9 Å². The third kappa shape index (κ3) is 4.61. The van der Waals surface area contributed by atoms with E-state index in [1.807, 2.05) is 0 Å². The molecule has 1 aromatic carbocycles. The van der Waals surface area contributed by atoms with Crippen molar-refractivity contribution in [2.24, 2.45) is 0 Å². The Morgan fingerprint density at radius 1 is 1.19 bits per heavy atom. The molecule has 0 aliphatic carbocycles. The maximum Gasteiger partial charge on any atom is 0.360 e. The smallest absolute Gasteiger partial charge is 0.360 e. The van der Waals surface area contributed by atoms with Crippen LogP contribution in [0.15, 0.2) is 30.6 Å². The Morgan fingerprint density at radius 3 is 2.50 bits per heavy atom. The van der Waals surface area contributed by atoms with Gasteiger partial charge in [0.25, 0.3) is 0 Å². The van der Waals surface area contributed by atoms with Crippen molar-refractivity contribution in [2.45, 2.75) is 5.75 Å². The molecule has 2 rings (SSSR count). The molecule has 2 aromatic rings. The van der Waals surface area contributed by atoms with Gasteiger partial charge in [0.1, 0.15) is 6.73 Å². The van der Waals surface area contributed by atoms with Gasteiger partial charge in [-0.1, -0.05) is 29.3 Å². The SMILES string of the molecule is COCN(c1nccnc1C(=O)OC)S(=O)(=O)Cc1ccc(Cl)cc1Cl. The summed E-state index contributed by atoms with van der Waals surface area (Å²) in [5.41, 5.74) is 0.0820. The van der Waals surface area contributed by atoms with E-state index in [-0.39, 0.29) is 23.3 Å². The molecule has 0 unspecified atom stereocenters. The van der Waals surface area contributed by atoms with Gasteiger partial charge in [0.15, 0.2) is 11.5 Å². The molecule has 1 heterocycles. The molecule has 26 heavy (non-hydrogen) atoms. The lowest BCUT2D eigenvalue weighted by Gasteiger charge is -2.23. The summed E-state index contributed by atoms with van der Waals surface area (Å²) in [6.45, 7) is -0.379. The molecular formula is C15H15Cl2N3O5S. The number of hydrogen-bond donors (Lipinski definition) is 0. The molecule has 0 fully saturated rings. The summed E-state index contributed by atoms with van der Waals surface area (Å²) < 4.78 is 36.3. The highest BCUT2D eigenvalue weighted by atomic mass is 35.5. The van der Waals surface area contributed by atoms with Gasteiger partial charge >= 0.3 is 5.97 Å². The molecule has 8 nitrogen and oxygen atoms in total. The number of rotatable bonds is 7. The van der Waals surface area contributed by atoms with E-state index in [9.17, 15) is 13.2 Å². The summed E-state index contributed by atoms with van der Waals surface area (Å²) in [7, 11) is -1.55. The number of nitrogens with zero attached hydrogens (tertiary/aromatic N) is 3. The molecule has 0 atom stereocenters. The second-order valence-corrected chi connectivity index (χ2v) is 7.72. The number of methoxy groups -OCH3 is 2. The zero-order chi connectivity index (χ0) is 19.3. The third-order valence-corrected chi connectivity index (χ3v) is 5.44. The first-order chi connectivity index (χ1) is 12.3. The highest BCUT2D eigenvalue weighted by Crippen LogP contribution is 2.26. The Hall–Kier alpha value is -1.94. The van der Waals surface area contributed by atoms with E-state index in [2.05, 4.69) is 14.7 Å². The van der Waals surface area contributed by atoms with E-state index in [0.717, 1.165) is 11.4 Å². The molecule has 0 spiro atoms. The number of sulfonamides is 1. The molecule has 0 saturated heterocycles. The van der Waals surface area contributed by atoms with Crippen LogP contribution < -0.4 is 4.31 Å². The number of halogens is 2. The number of aromatic nitrogens is 2. The van der Waals surface area contributed by atoms with Crippen molar-refractivity contribution in [1.82, 2.24) is 9.97 Å². The van der Waals surface area contributed by atoms with Gasteiger partial charge in [0.05, 0.1) is 12.9 Å². The number of esters is 1. The fourth-order valence-corrected chi connectivity index (χ4v) is 4.08. The van der Waals surface area contributed by atoms with Gasteiger partial charge in [0, 0.05) is 29.5 Å². The van der Waals surface area contributed by atoms with Crippen molar-refractivity contribution in [3.05, 3.63) is 51.9 Å². The quantitative estimate of drug-likeness (QED) is 0.501. The maximum absolute atomic E-state index is 12.9. The standard InChI is InChI=1S/C15H15Cl2N3O5S/c1-24-9-20(14-13(15(21)25-2)18-5-6-19-14)26(22,23)8-10-3-4-11(16)7-12(10)17/h3-7H,8-9H2,1-2H3. The average molecular weight is 420 g/mol. The average Bonchev–Trinajstić information content (AvgIpc) is 2.61. The minimum absolute atomic E-state index is 0.200. The third-order valence-electron chi connectivity index (χ3n) is 3.23. The Morgan fingerprint density at radius 2 is 1.88 bits per heavy atom. The predicted molar refractivity (Wildman–Crippen MR) is 96.8 cm³/mol. The lowest BCUT2D eigenvalue weighted by atomic mass is 10.2. The Bertz CT molecular complexity index is 908. The van der Waals surface area contributed by atoms with Crippen LogP contribution >= 0.6 is 23.2 Å². The van der Waals surface area contributed by atoms with Crippen LogP contribution in [0.25, 0.3) is 0 Å². The maximum atomic E-state index is 12.9. The molecule has 0 amide bonds. The van der Waals surface area contributed by atoms with Crippen molar-refractivity contribution in [3.8, 4) is 0 Å². The zero-order valence-corrected chi connectivity index (χ0v) is 16.2. The molecule has 0 bridgehead atoms.